The molecule has 6 rings (SSSR count). The van der Waals surface area contributed by atoms with Crippen LogP contribution in [0.25, 0.3) is 54.6 Å². The molecule has 0 spiro atoms. The molecule has 28 heavy (non-hydrogen) atoms. The van der Waals surface area contributed by atoms with Crippen molar-refractivity contribution in [3.05, 3.63) is 109 Å². The molecule has 0 atom stereocenters. The summed E-state index contributed by atoms with van der Waals surface area (Å²) in [5, 5.41) is 7.94. The van der Waals surface area contributed by atoms with E-state index in [9.17, 15) is 0 Å². The highest BCUT2D eigenvalue weighted by Crippen LogP contribution is 2.39. The van der Waals surface area contributed by atoms with E-state index in [-0.39, 0.29) is 0 Å². The average molecular weight is 353 g/mol. The van der Waals surface area contributed by atoms with Crippen molar-refractivity contribution in [1.29, 1.82) is 0 Å². The molecule has 0 heteroatoms. The van der Waals surface area contributed by atoms with E-state index in [0.29, 0.717) is 0 Å². The lowest BCUT2D eigenvalue weighted by atomic mass is 9.89. The van der Waals surface area contributed by atoms with Gasteiger partial charge in [-0.2, -0.15) is 0 Å². The summed E-state index contributed by atoms with van der Waals surface area (Å²) in [5.74, 6) is 0. The second-order valence-corrected chi connectivity index (χ2v) is 7.33. The predicted molar refractivity (Wildman–Crippen MR) is 120 cm³/mol. The first-order chi connectivity index (χ1) is 13.9. The van der Waals surface area contributed by atoms with Gasteiger partial charge in [0, 0.05) is 0 Å². The third-order valence-corrected chi connectivity index (χ3v) is 5.74. The summed E-state index contributed by atoms with van der Waals surface area (Å²) in [6.45, 7) is 0. The molecule has 0 aliphatic heterocycles. The van der Waals surface area contributed by atoms with Crippen LogP contribution in [0.2, 0.25) is 0 Å². The van der Waals surface area contributed by atoms with E-state index in [4.69, 9.17) is 0 Å². The molecular weight excluding hydrogens is 336 g/mol. The fourth-order valence-corrected chi connectivity index (χ4v) is 4.38. The SMILES string of the molecule is [c]1cc(-c2ccc3ccc4cccc5ccc2c3c45)ccc1-c1ccccc1. The van der Waals surface area contributed by atoms with Crippen molar-refractivity contribution in [1.82, 2.24) is 0 Å². The minimum Gasteiger partial charge on any atom is -0.0622 e. The minimum absolute atomic E-state index is 1.13. The Labute approximate surface area is 164 Å². The predicted octanol–water partition coefficient (Wildman–Crippen LogP) is 7.72. The molecule has 0 bridgehead atoms. The second kappa shape index (κ2) is 5.94. The Bertz CT molecular complexity index is 1410. The Morgan fingerprint density at radius 1 is 0.464 bits per heavy atom. The zero-order valence-corrected chi connectivity index (χ0v) is 15.3. The van der Waals surface area contributed by atoms with Crippen molar-refractivity contribution in [3.8, 4) is 22.3 Å². The van der Waals surface area contributed by atoms with Crippen molar-refractivity contribution < 1.29 is 0 Å². The molecule has 0 saturated heterocycles. The Kier molecular flexibility index (Phi) is 3.27. The molecule has 0 amide bonds. The molecule has 6 aromatic carbocycles. The van der Waals surface area contributed by atoms with Crippen LogP contribution in [0, 0.1) is 6.07 Å². The van der Waals surface area contributed by atoms with Crippen LogP contribution in [-0.4, -0.2) is 0 Å². The van der Waals surface area contributed by atoms with Crippen molar-refractivity contribution in [2.75, 3.05) is 0 Å². The van der Waals surface area contributed by atoms with Crippen LogP contribution in [0.5, 0.6) is 0 Å². The van der Waals surface area contributed by atoms with Crippen molar-refractivity contribution >= 4 is 32.3 Å². The first-order valence-electron chi connectivity index (χ1n) is 9.62. The molecule has 0 aromatic heterocycles. The topological polar surface area (TPSA) is 0 Å². The molecule has 0 aliphatic rings. The summed E-state index contributed by atoms with van der Waals surface area (Å²) >= 11 is 0. The lowest BCUT2D eigenvalue weighted by Crippen LogP contribution is -1.87. The summed E-state index contributed by atoms with van der Waals surface area (Å²) < 4.78 is 0. The highest BCUT2D eigenvalue weighted by molar-refractivity contribution is 6.25. The Morgan fingerprint density at radius 3 is 1.93 bits per heavy atom. The van der Waals surface area contributed by atoms with Gasteiger partial charge < -0.3 is 0 Å². The van der Waals surface area contributed by atoms with Gasteiger partial charge in [0.1, 0.15) is 0 Å². The number of hydrogen-bond donors (Lipinski definition) is 0. The highest BCUT2D eigenvalue weighted by Gasteiger charge is 2.11. The molecule has 129 valence electrons. The molecular formula is C28H17. The number of rotatable bonds is 2. The lowest BCUT2D eigenvalue weighted by molar-refractivity contribution is 1.60. The fraction of sp³-hybridized carbons (Fsp3) is 0. The smallest absolute Gasteiger partial charge is 0.00206 e. The maximum absolute atomic E-state index is 3.48. The Hall–Kier alpha value is -3.64. The van der Waals surface area contributed by atoms with Gasteiger partial charge in [0.25, 0.3) is 0 Å². The van der Waals surface area contributed by atoms with E-state index in [1.165, 1.54) is 49.0 Å². The van der Waals surface area contributed by atoms with Crippen molar-refractivity contribution in [3.63, 3.8) is 0 Å². The standard InChI is InChI=1S/C28H17/c1-2-5-19(6-3-1)20-9-11-21(12-10-20)25-17-15-24-14-13-22-7-4-8-23-16-18-26(25)28(24)27(22)23/h1-9,11-18H. The quantitative estimate of drug-likeness (QED) is 0.280. The summed E-state index contributed by atoms with van der Waals surface area (Å²) in [7, 11) is 0. The van der Waals surface area contributed by atoms with Gasteiger partial charge in [0.15, 0.2) is 0 Å². The summed E-state index contributed by atoms with van der Waals surface area (Å²) in [4.78, 5) is 0. The third kappa shape index (κ3) is 2.25. The normalized spacial score (nSPS) is 11.6. The van der Waals surface area contributed by atoms with E-state index in [1.807, 2.05) is 6.07 Å². The number of benzene rings is 6. The molecule has 0 fully saturated rings. The van der Waals surface area contributed by atoms with E-state index >= 15 is 0 Å². The lowest BCUT2D eigenvalue weighted by Gasteiger charge is -2.14. The molecule has 0 unspecified atom stereocenters. The molecule has 0 N–H and O–H groups in total. The van der Waals surface area contributed by atoms with Crippen molar-refractivity contribution in [2.24, 2.45) is 0 Å². The number of hydrogen-bond acceptors (Lipinski definition) is 0. The van der Waals surface area contributed by atoms with Crippen LogP contribution in [0.4, 0.5) is 0 Å². The van der Waals surface area contributed by atoms with Crippen LogP contribution in [0.1, 0.15) is 0 Å². The largest absolute Gasteiger partial charge is 0.0622 e. The van der Waals surface area contributed by atoms with Crippen LogP contribution >= 0.6 is 0 Å². The first kappa shape index (κ1) is 15.4. The monoisotopic (exact) mass is 353 g/mol. The van der Waals surface area contributed by atoms with E-state index in [0.717, 1.165) is 5.56 Å². The zero-order chi connectivity index (χ0) is 18.5. The summed E-state index contributed by atoms with van der Waals surface area (Å²) in [5.41, 5.74) is 4.80. The van der Waals surface area contributed by atoms with Gasteiger partial charge in [-0.15, -0.1) is 0 Å². The molecule has 0 aliphatic carbocycles. The van der Waals surface area contributed by atoms with Gasteiger partial charge in [0.2, 0.25) is 0 Å². The Balaban J connectivity index is 1.58. The second-order valence-electron chi connectivity index (χ2n) is 7.33. The molecule has 6 aromatic rings. The zero-order valence-electron chi connectivity index (χ0n) is 15.3. The van der Waals surface area contributed by atoms with Gasteiger partial charge in [-0.25, -0.2) is 0 Å². The third-order valence-electron chi connectivity index (χ3n) is 5.74. The van der Waals surface area contributed by atoms with E-state index in [2.05, 4.69) is 103 Å². The van der Waals surface area contributed by atoms with Gasteiger partial charge in [0.05, 0.1) is 0 Å². The molecule has 0 nitrogen and oxygen atoms in total. The summed E-state index contributed by atoms with van der Waals surface area (Å²) in [6, 6.07) is 40.4. The van der Waals surface area contributed by atoms with Gasteiger partial charge in [-0.05, 0) is 66.7 Å². The van der Waals surface area contributed by atoms with E-state index in [1.54, 1.807) is 0 Å². The molecule has 0 heterocycles. The van der Waals surface area contributed by atoms with Crippen LogP contribution in [-0.2, 0) is 0 Å². The maximum Gasteiger partial charge on any atom is -0.00206 e. The van der Waals surface area contributed by atoms with Gasteiger partial charge >= 0.3 is 0 Å². The van der Waals surface area contributed by atoms with Gasteiger partial charge in [-0.1, -0.05) is 97.1 Å². The highest BCUT2D eigenvalue weighted by atomic mass is 14.1. The van der Waals surface area contributed by atoms with Gasteiger partial charge in [-0.3, -0.25) is 0 Å². The van der Waals surface area contributed by atoms with E-state index < -0.39 is 0 Å². The average Bonchev–Trinajstić information content (AvgIpc) is 2.78. The Morgan fingerprint density at radius 2 is 1.18 bits per heavy atom. The molecule has 1 radical (unpaired) electrons. The fourth-order valence-electron chi connectivity index (χ4n) is 4.38. The minimum atomic E-state index is 1.13. The molecule has 0 saturated carbocycles. The first-order valence-corrected chi connectivity index (χ1v) is 9.62. The maximum atomic E-state index is 3.48. The van der Waals surface area contributed by atoms with Crippen LogP contribution < -0.4 is 0 Å². The van der Waals surface area contributed by atoms with Crippen LogP contribution in [0.3, 0.4) is 0 Å². The van der Waals surface area contributed by atoms with Crippen molar-refractivity contribution in [2.45, 2.75) is 0 Å². The summed E-state index contributed by atoms with van der Waals surface area (Å²) in [6.07, 6.45) is 0. The van der Waals surface area contributed by atoms with Crippen LogP contribution in [0.15, 0.2) is 103 Å².